The highest BCUT2D eigenvalue weighted by atomic mass is 35.5. The molecule has 1 amide bonds. The van der Waals surface area contributed by atoms with Crippen molar-refractivity contribution in [2.75, 3.05) is 19.5 Å². The Labute approximate surface area is 152 Å². The summed E-state index contributed by atoms with van der Waals surface area (Å²) >= 11 is 6.08. The highest BCUT2D eigenvalue weighted by Crippen LogP contribution is 2.36. The lowest BCUT2D eigenvalue weighted by atomic mass is 10.1. The second-order valence-electron chi connectivity index (χ2n) is 5.63. The van der Waals surface area contributed by atoms with E-state index < -0.39 is 6.10 Å². The maximum Gasteiger partial charge on any atom is 0.265 e. The van der Waals surface area contributed by atoms with E-state index in [1.165, 1.54) is 14.2 Å². The molecule has 134 valence electrons. The molecule has 0 saturated carbocycles. The maximum atomic E-state index is 12.5. The molecule has 0 radical (unpaired) electrons. The van der Waals surface area contributed by atoms with Crippen molar-refractivity contribution in [1.82, 2.24) is 0 Å². The number of carbonyl (C=O) groups excluding carboxylic acids is 1. The maximum absolute atomic E-state index is 12.5. The fourth-order valence-electron chi connectivity index (χ4n) is 2.29. The first-order chi connectivity index (χ1) is 11.9. The number of carbonyl (C=O) groups is 1. The van der Waals surface area contributed by atoms with Crippen LogP contribution in [0.15, 0.2) is 30.3 Å². The van der Waals surface area contributed by atoms with Crippen LogP contribution in [0.25, 0.3) is 0 Å². The normalized spacial score (nSPS) is 11.6. The minimum absolute atomic E-state index is 0.302. The summed E-state index contributed by atoms with van der Waals surface area (Å²) < 4.78 is 16.2. The number of nitrogens with one attached hydrogen (secondary N) is 1. The van der Waals surface area contributed by atoms with Gasteiger partial charge in [0.2, 0.25) is 0 Å². The van der Waals surface area contributed by atoms with E-state index in [4.69, 9.17) is 25.8 Å². The second kappa shape index (κ2) is 8.12. The van der Waals surface area contributed by atoms with Crippen molar-refractivity contribution in [3.8, 4) is 17.2 Å². The Morgan fingerprint density at radius 2 is 1.76 bits per heavy atom. The largest absolute Gasteiger partial charge is 0.495 e. The van der Waals surface area contributed by atoms with Crippen molar-refractivity contribution >= 4 is 23.2 Å². The number of rotatable bonds is 6. The van der Waals surface area contributed by atoms with E-state index in [1.807, 2.05) is 32.0 Å². The van der Waals surface area contributed by atoms with Crippen molar-refractivity contribution in [3.05, 3.63) is 46.5 Å². The van der Waals surface area contributed by atoms with Gasteiger partial charge in [0.05, 0.1) is 24.9 Å². The average Bonchev–Trinajstić information content (AvgIpc) is 2.59. The van der Waals surface area contributed by atoms with Crippen molar-refractivity contribution in [2.45, 2.75) is 26.9 Å². The third-order valence-corrected chi connectivity index (χ3v) is 4.26. The summed E-state index contributed by atoms with van der Waals surface area (Å²) in [5, 5.41) is 3.19. The van der Waals surface area contributed by atoms with Crippen molar-refractivity contribution < 1.29 is 19.0 Å². The molecule has 0 fully saturated rings. The van der Waals surface area contributed by atoms with Crippen LogP contribution in [0.1, 0.15) is 18.1 Å². The molecule has 0 aliphatic carbocycles. The third kappa shape index (κ3) is 4.37. The summed E-state index contributed by atoms with van der Waals surface area (Å²) in [6, 6.07) is 8.95. The van der Waals surface area contributed by atoms with E-state index in [2.05, 4.69) is 5.32 Å². The number of ether oxygens (including phenoxy) is 3. The van der Waals surface area contributed by atoms with E-state index in [1.54, 1.807) is 19.1 Å². The number of methoxy groups -OCH3 is 2. The lowest BCUT2D eigenvalue weighted by Crippen LogP contribution is -2.30. The molecule has 0 unspecified atom stereocenters. The van der Waals surface area contributed by atoms with Crippen molar-refractivity contribution in [1.29, 1.82) is 0 Å². The molecular formula is C19H22ClNO4. The van der Waals surface area contributed by atoms with Gasteiger partial charge in [-0.3, -0.25) is 4.79 Å². The van der Waals surface area contributed by atoms with Crippen LogP contribution >= 0.6 is 11.6 Å². The molecular weight excluding hydrogens is 342 g/mol. The molecule has 2 aromatic rings. The number of hydrogen-bond acceptors (Lipinski definition) is 4. The fraction of sp³-hybridized carbons (Fsp3) is 0.316. The molecule has 0 spiro atoms. The van der Waals surface area contributed by atoms with Crippen LogP contribution in [-0.4, -0.2) is 26.2 Å². The summed E-state index contributed by atoms with van der Waals surface area (Å²) in [6.45, 7) is 5.65. The van der Waals surface area contributed by atoms with E-state index in [0.29, 0.717) is 28.0 Å². The van der Waals surface area contributed by atoms with Crippen molar-refractivity contribution in [3.63, 3.8) is 0 Å². The molecule has 0 heterocycles. The average molecular weight is 364 g/mol. The van der Waals surface area contributed by atoms with Gasteiger partial charge in [0.25, 0.3) is 5.91 Å². The number of halogens is 1. The Balaban J connectivity index is 2.17. The topological polar surface area (TPSA) is 56.8 Å². The Hall–Kier alpha value is -2.40. The fourth-order valence-corrected chi connectivity index (χ4v) is 2.52. The van der Waals surface area contributed by atoms with Gasteiger partial charge in [-0.1, -0.05) is 23.7 Å². The molecule has 2 rings (SSSR count). The number of aryl methyl sites for hydroxylation is 1. The predicted molar refractivity (Wildman–Crippen MR) is 99.2 cm³/mol. The minimum Gasteiger partial charge on any atom is -0.495 e. The van der Waals surface area contributed by atoms with Gasteiger partial charge < -0.3 is 19.5 Å². The zero-order valence-corrected chi connectivity index (χ0v) is 15.7. The predicted octanol–water partition coefficient (Wildman–Crippen LogP) is 4.38. The van der Waals surface area contributed by atoms with Gasteiger partial charge in [-0.25, -0.2) is 0 Å². The smallest absolute Gasteiger partial charge is 0.265 e. The molecule has 1 atom stereocenters. The van der Waals surface area contributed by atoms with E-state index >= 15 is 0 Å². The molecule has 0 bridgehead atoms. The van der Waals surface area contributed by atoms with Crippen molar-refractivity contribution in [2.24, 2.45) is 0 Å². The van der Waals surface area contributed by atoms with E-state index in [-0.39, 0.29) is 5.91 Å². The third-order valence-electron chi connectivity index (χ3n) is 3.96. The zero-order valence-electron chi connectivity index (χ0n) is 15.0. The molecule has 0 aromatic heterocycles. The molecule has 0 saturated heterocycles. The highest BCUT2D eigenvalue weighted by molar-refractivity contribution is 6.32. The lowest BCUT2D eigenvalue weighted by Gasteiger charge is -2.18. The van der Waals surface area contributed by atoms with Crippen LogP contribution in [0.4, 0.5) is 5.69 Å². The number of anilines is 1. The molecule has 5 nitrogen and oxygen atoms in total. The summed E-state index contributed by atoms with van der Waals surface area (Å²) in [5.74, 6) is 1.27. The van der Waals surface area contributed by atoms with E-state index in [9.17, 15) is 4.79 Å². The minimum atomic E-state index is -0.688. The molecule has 1 N–H and O–H groups in total. The van der Waals surface area contributed by atoms with Gasteiger partial charge >= 0.3 is 0 Å². The van der Waals surface area contributed by atoms with Crippen LogP contribution in [0, 0.1) is 13.8 Å². The number of benzene rings is 2. The van der Waals surface area contributed by atoms with Crippen LogP contribution in [0.2, 0.25) is 5.02 Å². The first-order valence-corrected chi connectivity index (χ1v) is 8.20. The zero-order chi connectivity index (χ0) is 18.6. The molecule has 25 heavy (non-hydrogen) atoms. The Bertz CT molecular complexity index is 776. The highest BCUT2D eigenvalue weighted by Gasteiger charge is 2.19. The van der Waals surface area contributed by atoms with Gasteiger partial charge in [-0.2, -0.15) is 0 Å². The first-order valence-electron chi connectivity index (χ1n) is 7.82. The van der Waals surface area contributed by atoms with Gasteiger partial charge in [0.15, 0.2) is 6.10 Å². The van der Waals surface area contributed by atoms with Gasteiger partial charge in [-0.15, -0.1) is 0 Å². The summed E-state index contributed by atoms with van der Waals surface area (Å²) in [7, 11) is 3.01. The SMILES string of the molecule is COc1cc(NC(=O)[C@@H](C)Oc2cccc(C)c2C)c(OC)cc1Cl. The van der Waals surface area contributed by atoms with Gasteiger partial charge in [0.1, 0.15) is 17.2 Å². The Morgan fingerprint density at radius 1 is 1.08 bits per heavy atom. The Kier molecular flexibility index (Phi) is 6.15. The van der Waals surface area contributed by atoms with Crippen LogP contribution in [0.3, 0.4) is 0 Å². The van der Waals surface area contributed by atoms with Crippen LogP contribution < -0.4 is 19.5 Å². The van der Waals surface area contributed by atoms with Crippen LogP contribution in [-0.2, 0) is 4.79 Å². The monoisotopic (exact) mass is 363 g/mol. The van der Waals surface area contributed by atoms with E-state index in [0.717, 1.165) is 11.1 Å². The number of amides is 1. The summed E-state index contributed by atoms with van der Waals surface area (Å²) in [4.78, 5) is 12.5. The first kappa shape index (κ1) is 18.9. The summed E-state index contributed by atoms with van der Waals surface area (Å²) in [5.41, 5.74) is 2.58. The molecule has 6 heteroatoms. The molecule has 0 aliphatic rings. The number of hydrogen-bond donors (Lipinski definition) is 1. The standard InChI is InChI=1S/C19H22ClNO4/c1-11-7-6-8-16(12(11)2)25-13(3)19(22)21-15-10-17(23-4)14(20)9-18(15)24-5/h6-10,13H,1-5H3,(H,21,22)/t13-/m1/s1. The van der Waals surface area contributed by atoms with Gasteiger partial charge in [0, 0.05) is 12.1 Å². The molecule has 0 aliphatic heterocycles. The quantitative estimate of drug-likeness (QED) is 0.827. The van der Waals surface area contributed by atoms with Crippen LogP contribution in [0.5, 0.6) is 17.2 Å². The lowest BCUT2D eigenvalue weighted by molar-refractivity contribution is -0.122. The Morgan fingerprint density at radius 3 is 2.40 bits per heavy atom. The van der Waals surface area contributed by atoms with Gasteiger partial charge in [-0.05, 0) is 38.0 Å². The second-order valence-corrected chi connectivity index (χ2v) is 6.04. The molecule has 2 aromatic carbocycles. The summed E-state index contributed by atoms with van der Waals surface area (Å²) in [6.07, 6.45) is -0.688.